The zero-order valence-corrected chi connectivity index (χ0v) is 15.6. The first-order chi connectivity index (χ1) is 12.3. The van der Waals surface area contributed by atoms with Gasteiger partial charge in [0.15, 0.2) is 5.82 Å². The van der Waals surface area contributed by atoms with E-state index in [1.54, 1.807) is 26.5 Å². The van der Waals surface area contributed by atoms with Gasteiger partial charge >= 0.3 is 6.03 Å². The summed E-state index contributed by atoms with van der Waals surface area (Å²) in [5.41, 5.74) is 1.82. The number of hydrogen-bond donors (Lipinski definition) is 2. The Morgan fingerprint density at radius 2 is 2.08 bits per heavy atom. The predicted octanol–water partition coefficient (Wildman–Crippen LogP) is 1.02. The van der Waals surface area contributed by atoms with Crippen LogP contribution in [0.1, 0.15) is 37.1 Å². The van der Waals surface area contributed by atoms with Gasteiger partial charge in [-0.3, -0.25) is 19.1 Å². The minimum Gasteiger partial charge on any atom is -0.332 e. The number of hydrogen-bond acceptors (Lipinski definition) is 4. The average Bonchev–Trinajstić information content (AvgIpc) is 3.14. The van der Waals surface area contributed by atoms with Crippen LogP contribution < -0.4 is 15.5 Å². The number of rotatable bonds is 4. The van der Waals surface area contributed by atoms with Gasteiger partial charge in [-0.25, -0.2) is 4.79 Å². The Morgan fingerprint density at radius 1 is 1.31 bits per heavy atom. The van der Waals surface area contributed by atoms with Gasteiger partial charge in [-0.2, -0.15) is 10.2 Å². The number of aromatic nitrogens is 4. The van der Waals surface area contributed by atoms with Gasteiger partial charge in [-0.1, -0.05) is 0 Å². The molecule has 2 aromatic rings. The monoisotopic (exact) mass is 359 g/mol. The molecule has 0 radical (unpaired) electrons. The van der Waals surface area contributed by atoms with Gasteiger partial charge in [0.1, 0.15) is 6.04 Å². The van der Waals surface area contributed by atoms with Crippen LogP contribution in [0.25, 0.3) is 0 Å². The summed E-state index contributed by atoms with van der Waals surface area (Å²) in [4.78, 5) is 26.7. The number of piperidine rings is 1. The highest BCUT2D eigenvalue weighted by atomic mass is 16.2. The Labute approximate surface area is 152 Å². The van der Waals surface area contributed by atoms with Crippen LogP contribution in [-0.2, 0) is 18.9 Å². The molecule has 2 N–H and O–H groups in total. The molecular weight excluding hydrogens is 334 g/mol. The molecule has 1 aliphatic heterocycles. The molecule has 3 heterocycles. The zero-order chi connectivity index (χ0) is 18.8. The van der Waals surface area contributed by atoms with Crippen molar-refractivity contribution in [3.8, 4) is 0 Å². The van der Waals surface area contributed by atoms with Crippen LogP contribution in [0.5, 0.6) is 0 Å². The van der Waals surface area contributed by atoms with Crippen LogP contribution in [0.4, 0.5) is 10.6 Å². The third-order valence-corrected chi connectivity index (χ3v) is 4.59. The number of urea groups is 1. The second-order valence-corrected chi connectivity index (χ2v) is 6.72. The molecule has 3 amide bonds. The smallest absolute Gasteiger partial charge is 0.315 e. The van der Waals surface area contributed by atoms with E-state index in [9.17, 15) is 9.59 Å². The van der Waals surface area contributed by atoms with Crippen molar-refractivity contribution in [3.05, 3.63) is 29.7 Å². The van der Waals surface area contributed by atoms with E-state index in [1.165, 1.54) is 0 Å². The SMILES string of the molecule is Cc1nn(C)cc1C(C)NC(=O)NC1CCCN(c2ccn(C)n2)C1=O. The lowest BCUT2D eigenvalue weighted by Gasteiger charge is -2.31. The Kier molecular flexibility index (Phi) is 4.97. The molecule has 0 aromatic carbocycles. The van der Waals surface area contributed by atoms with Crippen LogP contribution >= 0.6 is 0 Å². The molecule has 2 atom stereocenters. The zero-order valence-electron chi connectivity index (χ0n) is 15.6. The summed E-state index contributed by atoms with van der Waals surface area (Å²) < 4.78 is 3.38. The van der Waals surface area contributed by atoms with Crippen molar-refractivity contribution in [3.63, 3.8) is 0 Å². The van der Waals surface area contributed by atoms with Gasteiger partial charge in [0.25, 0.3) is 5.91 Å². The summed E-state index contributed by atoms with van der Waals surface area (Å²) in [6, 6.07) is 0.692. The highest BCUT2D eigenvalue weighted by Crippen LogP contribution is 2.19. The standard InChI is InChI=1S/C17H25N7O2/c1-11(13-10-23(4)20-12(13)2)18-17(26)19-14-6-5-8-24(16(14)25)15-7-9-22(3)21-15/h7,9-11,14H,5-6,8H2,1-4H3,(H2,18,19,26). The summed E-state index contributed by atoms with van der Waals surface area (Å²) in [7, 11) is 3.65. The largest absolute Gasteiger partial charge is 0.332 e. The van der Waals surface area contributed by atoms with Crippen molar-refractivity contribution in [2.45, 2.75) is 38.8 Å². The van der Waals surface area contributed by atoms with E-state index in [2.05, 4.69) is 20.8 Å². The van der Waals surface area contributed by atoms with E-state index in [1.807, 2.05) is 34.1 Å². The van der Waals surface area contributed by atoms with Gasteiger partial charge in [0.05, 0.1) is 11.7 Å². The molecule has 0 saturated carbocycles. The summed E-state index contributed by atoms with van der Waals surface area (Å²) in [6.45, 7) is 4.41. The third-order valence-electron chi connectivity index (χ3n) is 4.59. The molecule has 9 heteroatoms. The van der Waals surface area contributed by atoms with Gasteiger partial charge in [-0.15, -0.1) is 0 Å². The van der Waals surface area contributed by atoms with Crippen molar-refractivity contribution in [2.24, 2.45) is 14.1 Å². The fourth-order valence-electron chi connectivity index (χ4n) is 3.30. The van der Waals surface area contributed by atoms with Crippen molar-refractivity contribution in [2.75, 3.05) is 11.4 Å². The lowest BCUT2D eigenvalue weighted by molar-refractivity contribution is -0.121. The molecular formula is C17H25N7O2. The number of nitrogens with zero attached hydrogens (tertiary/aromatic N) is 5. The van der Waals surface area contributed by atoms with Crippen LogP contribution in [-0.4, -0.2) is 44.1 Å². The Morgan fingerprint density at radius 3 is 2.69 bits per heavy atom. The second kappa shape index (κ2) is 7.19. The number of carbonyl (C=O) groups excluding carboxylic acids is 2. The molecule has 0 spiro atoms. The molecule has 9 nitrogen and oxygen atoms in total. The molecule has 1 fully saturated rings. The first-order valence-electron chi connectivity index (χ1n) is 8.73. The predicted molar refractivity (Wildman–Crippen MR) is 96.6 cm³/mol. The maximum Gasteiger partial charge on any atom is 0.315 e. The maximum atomic E-state index is 12.7. The minimum atomic E-state index is -0.548. The molecule has 1 saturated heterocycles. The number of carbonyl (C=O) groups is 2. The fourth-order valence-corrected chi connectivity index (χ4v) is 3.30. The van der Waals surface area contributed by atoms with Gasteiger partial charge in [0, 0.05) is 44.7 Å². The van der Waals surface area contributed by atoms with E-state index in [0.717, 1.165) is 17.7 Å². The molecule has 1 aliphatic rings. The molecule has 2 unspecified atom stereocenters. The van der Waals surface area contributed by atoms with Crippen molar-refractivity contribution >= 4 is 17.8 Å². The van der Waals surface area contributed by atoms with Crippen LogP contribution in [0, 0.1) is 6.92 Å². The van der Waals surface area contributed by atoms with Crippen LogP contribution in [0.15, 0.2) is 18.5 Å². The number of amides is 3. The Hall–Kier alpha value is -2.84. The maximum absolute atomic E-state index is 12.7. The first-order valence-corrected chi connectivity index (χ1v) is 8.73. The fraction of sp³-hybridized carbons (Fsp3) is 0.529. The van der Waals surface area contributed by atoms with E-state index >= 15 is 0 Å². The average molecular weight is 359 g/mol. The molecule has 0 bridgehead atoms. The third kappa shape index (κ3) is 3.71. The normalized spacial score (nSPS) is 18.7. The summed E-state index contributed by atoms with van der Waals surface area (Å²) >= 11 is 0. The van der Waals surface area contributed by atoms with Gasteiger partial charge in [-0.05, 0) is 26.7 Å². The van der Waals surface area contributed by atoms with Gasteiger partial charge < -0.3 is 10.6 Å². The molecule has 3 rings (SSSR count). The summed E-state index contributed by atoms with van der Waals surface area (Å²) in [5, 5.41) is 14.3. The summed E-state index contributed by atoms with van der Waals surface area (Å²) in [6.07, 6.45) is 5.11. The van der Waals surface area contributed by atoms with Crippen LogP contribution in [0.2, 0.25) is 0 Å². The molecule has 2 aromatic heterocycles. The van der Waals surface area contributed by atoms with Crippen LogP contribution in [0.3, 0.4) is 0 Å². The lowest BCUT2D eigenvalue weighted by Crippen LogP contribution is -2.54. The van der Waals surface area contributed by atoms with E-state index in [0.29, 0.717) is 18.8 Å². The minimum absolute atomic E-state index is 0.129. The quantitative estimate of drug-likeness (QED) is 0.852. The highest BCUT2D eigenvalue weighted by molar-refractivity contribution is 5.99. The Balaban J connectivity index is 1.61. The number of nitrogens with one attached hydrogen (secondary N) is 2. The van der Waals surface area contributed by atoms with E-state index in [4.69, 9.17) is 0 Å². The topological polar surface area (TPSA) is 97.1 Å². The summed E-state index contributed by atoms with van der Waals surface area (Å²) in [5.74, 6) is 0.485. The van der Waals surface area contributed by atoms with Crippen molar-refractivity contribution in [1.29, 1.82) is 0 Å². The molecule has 140 valence electrons. The number of anilines is 1. The number of aryl methyl sites for hydroxylation is 3. The Bertz CT molecular complexity index is 810. The highest BCUT2D eigenvalue weighted by Gasteiger charge is 2.32. The van der Waals surface area contributed by atoms with Crippen molar-refractivity contribution in [1.82, 2.24) is 30.2 Å². The lowest BCUT2D eigenvalue weighted by atomic mass is 10.0. The molecule has 26 heavy (non-hydrogen) atoms. The molecule has 0 aliphatic carbocycles. The second-order valence-electron chi connectivity index (χ2n) is 6.72. The van der Waals surface area contributed by atoms with Crippen molar-refractivity contribution < 1.29 is 9.59 Å². The van der Waals surface area contributed by atoms with Gasteiger partial charge in [0.2, 0.25) is 0 Å². The first kappa shape index (κ1) is 18.0. The van der Waals surface area contributed by atoms with E-state index < -0.39 is 6.04 Å². The van der Waals surface area contributed by atoms with E-state index in [-0.39, 0.29) is 18.0 Å².